The van der Waals surface area contributed by atoms with Crippen molar-refractivity contribution in [3.8, 4) is 6.07 Å². The van der Waals surface area contributed by atoms with E-state index in [-0.39, 0.29) is 0 Å². The van der Waals surface area contributed by atoms with E-state index in [1.54, 1.807) is 30.3 Å². The first-order valence-electron chi connectivity index (χ1n) is 5.12. The first-order chi connectivity index (χ1) is 8.61. The highest BCUT2D eigenvalue weighted by molar-refractivity contribution is 6.43. The lowest BCUT2D eigenvalue weighted by molar-refractivity contribution is 1.47. The molecule has 2 rings (SSSR count). The molecule has 3 N–H and O–H groups in total. The molecule has 0 aromatic heterocycles. The summed E-state index contributed by atoms with van der Waals surface area (Å²) >= 11 is 12.0. The summed E-state index contributed by atoms with van der Waals surface area (Å²) in [5.74, 6) is 0. The van der Waals surface area contributed by atoms with Crippen molar-refractivity contribution in [3.05, 3.63) is 52.0 Å². The first-order valence-corrected chi connectivity index (χ1v) is 5.88. The van der Waals surface area contributed by atoms with Crippen molar-refractivity contribution in [1.82, 2.24) is 0 Å². The smallest absolute Gasteiger partial charge is 0.101 e. The minimum Gasteiger partial charge on any atom is -0.398 e. The van der Waals surface area contributed by atoms with Gasteiger partial charge in [-0.3, -0.25) is 0 Å². The summed E-state index contributed by atoms with van der Waals surface area (Å²) in [6.45, 7) is 0. The van der Waals surface area contributed by atoms with Crippen LogP contribution in [0.25, 0.3) is 0 Å². The normalized spacial score (nSPS) is 9.83. The Bertz CT molecular complexity index is 633. The zero-order valence-corrected chi connectivity index (χ0v) is 10.8. The number of nitrogens with one attached hydrogen (secondary N) is 1. The van der Waals surface area contributed by atoms with Crippen LogP contribution >= 0.6 is 23.2 Å². The molecule has 5 heteroatoms. The van der Waals surface area contributed by atoms with Crippen molar-refractivity contribution in [2.24, 2.45) is 0 Å². The molecule has 3 nitrogen and oxygen atoms in total. The van der Waals surface area contributed by atoms with Gasteiger partial charge in [0.05, 0.1) is 27.0 Å². The van der Waals surface area contributed by atoms with E-state index < -0.39 is 0 Å². The van der Waals surface area contributed by atoms with Crippen LogP contribution in [0.5, 0.6) is 0 Å². The second kappa shape index (κ2) is 5.18. The average molecular weight is 278 g/mol. The number of nitrogens with zero attached hydrogens (tertiary/aromatic N) is 1. The van der Waals surface area contributed by atoms with E-state index in [9.17, 15) is 0 Å². The van der Waals surface area contributed by atoms with E-state index in [0.29, 0.717) is 27.0 Å². The number of hydrogen-bond donors (Lipinski definition) is 2. The molecule has 0 saturated carbocycles. The molecule has 18 heavy (non-hydrogen) atoms. The highest BCUT2D eigenvalue weighted by atomic mass is 35.5. The number of hydrogen-bond acceptors (Lipinski definition) is 3. The van der Waals surface area contributed by atoms with Gasteiger partial charge in [0.15, 0.2) is 0 Å². The molecule has 0 aliphatic carbocycles. The van der Waals surface area contributed by atoms with E-state index in [2.05, 4.69) is 5.32 Å². The van der Waals surface area contributed by atoms with Gasteiger partial charge in [-0.15, -0.1) is 0 Å². The molecule has 0 bridgehead atoms. The average Bonchev–Trinajstić information content (AvgIpc) is 2.35. The molecule has 0 amide bonds. The van der Waals surface area contributed by atoms with Gasteiger partial charge in [0, 0.05) is 5.69 Å². The zero-order chi connectivity index (χ0) is 13.1. The second-order valence-corrected chi connectivity index (χ2v) is 4.43. The quantitative estimate of drug-likeness (QED) is 0.809. The number of rotatable bonds is 2. The van der Waals surface area contributed by atoms with Gasteiger partial charge >= 0.3 is 0 Å². The highest BCUT2D eigenvalue weighted by Gasteiger charge is 2.05. The van der Waals surface area contributed by atoms with Gasteiger partial charge in [-0.05, 0) is 30.3 Å². The van der Waals surface area contributed by atoms with Gasteiger partial charge in [-0.2, -0.15) is 5.26 Å². The molecule has 0 fully saturated rings. The Hall–Kier alpha value is -1.89. The Morgan fingerprint density at radius 3 is 2.61 bits per heavy atom. The number of nitriles is 1. The van der Waals surface area contributed by atoms with Crippen LogP contribution in [-0.2, 0) is 0 Å². The molecule has 90 valence electrons. The van der Waals surface area contributed by atoms with Crippen molar-refractivity contribution in [3.63, 3.8) is 0 Å². The maximum Gasteiger partial charge on any atom is 0.101 e. The van der Waals surface area contributed by atoms with Crippen molar-refractivity contribution >= 4 is 40.3 Å². The number of benzene rings is 2. The number of nitrogens with two attached hydrogens (primary N) is 1. The van der Waals surface area contributed by atoms with Crippen LogP contribution in [0.2, 0.25) is 10.0 Å². The molecule has 0 heterocycles. The third-order valence-corrected chi connectivity index (χ3v) is 3.22. The Labute approximate surface area is 115 Å². The Kier molecular flexibility index (Phi) is 3.61. The van der Waals surface area contributed by atoms with Crippen LogP contribution in [0.3, 0.4) is 0 Å². The zero-order valence-electron chi connectivity index (χ0n) is 9.24. The van der Waals surface area contributed by atoms with Crippen LogP contribution in [0.15, 0.2) is 36.4 Å². The monoisotopic (exact) mass is 277 g/mol. The van der Waals surface area contributed by atoms with Gasteiger partial charge in [0.25, 0.3) is 0 Å². The molecule has 0 aliphatic heterocycles. The highest BCUT2D eigenvalue weighted by Crippen LogP contribution is 2.32. The molecule has 0 radical (unpaired) electrons. The fourth-order valence-corrected chi connectivity index (χ4v) is 1.85. The van der Waals surface area contributed by atoms with Crippen LogP contribution in [0.4, 0.5) is 17.1 Å². The molecule has 0 saturated heterocycles. The molecule has 2 aromatic rings. The lowest BCUT2D eigenvalue weighted by atomic mass is 10.1. The molecular weight excluding hydrogens is 269 g/mol. The van der Waals surface area contributed by atoms with Crippen LogP contribution in [0.1, 0.15) is 5.56 Å². The molecular formula is C13H9Cl2N3. The van der Waals surface area contributed by atoms with E-state index in [0.717, 1.165) is 5.69 Å². The van der Waals surface area contributed by atoms with Crippen LogP contribution in [0, 0.1) is 11.3 Å². The topological polar surface area (TPSA) is 61.8 Å². The van der Waals surface area contributed by atoms with E-state index >= 15 is 0 Å². The second-order valence-electron chi connectivity index (χ2n) is 3.64. The molecule has 0 spiro atoms. The molecule has 0 atom stereocenters. The van der Waals surface area contributed by atoms with Gasteiger partial charge < -0.3 is 11.1 Å². The number of anilines is 3. The Morgan fingerprint density at radius 1 is 1.17 bits per heavy atom. The Balaban J connectivity index is 2.32. The summed E-state index contributed by atoms with van der Waals surface area (Å²) in [6.07, 6.45) is 0. The van der Waals surface area contributed by atoms with Crippen molar-refractivity contribution in [2.75, 3.05) is 11.1 Å². The largest absolute Gasteiger partial charge is 0.398 e. The maximum atomic E-state index is 8.79. The summed E-state index contributed by atoms with van der Waals surface area (Å²) in [7, 11) is 0. The summed E-state index contributed by atoms with van der Waals surface area (Å²) < 4.78 is 0. The SMILES string of the molecule is N#Cc1ccc(Nc2cccc(Cl)c2Cl)cc1N. The van der Waals surface area contributed by atoms with E-state index in [4.69, 9.17) is 34.2 Å². The van der Waals surface area contributed by atoms with E-state index in [1.165, 1.54) is 0 Å². The van der Waals surface area contributed by atoms with Gasteiger partial charge in [-0.1, -0.05) is 29.3 Å². The molecule has 2 aromatic carbocycles. The summed E-state index contributed by atoms with van der Waals surface area (Å²) in [4.78, 5) is 0. The molecule has 0 unspecified atom stereocenters. The summed E-state index contributed by atoms with van der Waals surface area (Å²) in [5.41, 5.74) is 8.03. The van der Waals surface area contributed by atoms with Crippen molar-refractivity contribution < 1.29 is 0 Å². The van der Waals surface area contributed by atoms with E-state index in [1.807, 2.05) is 12.1 Å². The summed E-state index contributed by atoms with van der Waals surface area (Å²) in [5, 5.41) is 12.8. The van der Waals surface area contributed by atoms with Gasteiger partial charge in [0.1, 0.15) is 6.07 Å². The lowest BCUT2D eigenvalue weighted by Gasteiger charge is -2.10. The predicted octanol–water partition coefficient (Wildman–Crippen LogP) is 4.19. The number of halogens is 2. The summed E-state index contributed by atoms with van der Waals surface area (Å²) in [6, 6.07) is 12.4. The first kappa shape index (κ1) is 12.6. The third-order valence-electron chi connectivity index (χ3n) is 2.40. The third kappa shape index (κ3) is 2.51. The van der Waals surface area contributed by atoms with Crippen molar-refractivity contribution in [2.45, 2.75) is 0 Å². The number of nitrogen functional groups attached to an aromatic ring is 1. The lowest BCUT2D eigenvalue weighted by Crippen LogP contribution is -1.95. The Morgan fingerprint density at radius 2 is 1.94 bits per heavy atom. The van der Waals surface area contributed by atoms with Gasteiger partial charge in [-0.25, -0.2) is 0 Å². The predicted molar refractivity (Wildman–Crippen MR) is 75.3 cm³/mol. The standard InChI is InChI=1S/C13H9Cl2N3/c14-10-2-1-3-12(13(10)15)18-9-5-4-8(7-16)11(17)6-9/h1-6,18H,17H2. The molecule has 0 aliphatic rings. The van der Waals surface area contributed by atoms with Gasteiger partial charge in [0.2, 0.25) is 0 Å². The van der Waals surface area contributed by atoms with Crippen LogP contribution in [-0.4, -0.2) is 0 Å². The minimum atomic E-state index is 0.417. The maximum absolute atomic E-state index is 8.79. The fraction of sp³-hybridized carbons (Fsp3) is 0. The minimum absolute atomic E-state index is 0.417. The van der Waals surface area contributed by atoms with Crippen LogP contribution < -0.4 is 11.1 Å². The fourth-order valence-electron chi connectivity index (χ4n) is 1.50. The van der Waals surface area contributed by atoms with Crippen molar-refractivity contribution in [1.29, 1.82) is 5.26 Å².